The van der Waals surface area contributed by atoms with Gasteiger partial charge in [-0.25, -0.2) is 0 Å². The number of carbonyl (C=O) groups is 1. The predicted molar refractivity (Wildman–Crippen MR) is 95.1 cm³/mol. The lowest BCUT2D eigenvalue weighted by molar-refractivity contribution is 0.0954. The molecule has 0 atom stereocenters. The molecular formula is C19H19N3O3. The molecule has 0 bridgehead atoms. The van der Waals surface area contributed by atoms with Crippen molar-refractivity contribution in [3.8, 4) is 11.5 Å². The molecule has 0 fully saturated rings. The summed E-state index contributed by atoms with van der Waals surface area (Å²) in [6, 6.07) is 10.9. The summed E-state index contributed by atoms with van der Waals surface area (Å²) in [6.45, 7) is 0.487. The maximum atomic E-state index is 12.3. The third-order valence-electron chi connectivity index (χ3n) is 3.90. The van der Waals surface area contributed by atoms with Crippen LogP contribution < -0.4 is 14.8 Å². The number of hydrogen-bond donors (Lipinski definition) is 1. The van der Waals surface area contributed by atoms with E-state index in [0.29, 0.717) is 24.0 Å². The van der Waals surface area contributed by atoms with Gasteiger partial charge in [0.15, 0.2) is 0 Å². The minimum Gasteiger partial charge on any atom is -0.497 e. The van der Waals surface area contributed by atoms with Crippen molar-refractivity contribution in [3.63, 3.8) is 0 Å². The molecule has 2 aromatic carbocycles. The van der Waals surface area contributed by atoms with Crippen LogP contribution in [0.5, 0.6) is 11.5 Å². The van der Waals surface area contributed by atoms with Crippen LogP contribution in [0.15, 0.2) is 48.8 Å². The molecule has 1 heterocycles. The first-order valence-corrected chi connectivity index (χ1v) is 7.91. The number of hydrogen-bond acceptors (Lipinski definition) is 5. The first-order chi connectivity index (χ1) is 12.2. The SMILES string of the molecule is COc1ccc(OC)c(CCNC(=O)c2ccc3nccnc3c2)c1. The molecule has 6 nitrogen and oxygen atoms in total. The van der Waals surface area contributed by atoms with Crippen LogP contribution in [0, 0.1) is 0 Å². The highest BCUT2D eigenvalue weighted by molar-refractivity contribution is 5.97. The van der Waals surface area contributed by atoms with E-state index in [1.54, 1.807) is 44.8 Å². The van der Waals surface area contributed by atoms with Gasteiger partial charge in [-0.2, -0.15) is 0 Å². The molecule has 0 spiro atoms. The average Bonchev–Trinajstić information content (AvgIpc) is 2.67. The molecule has 0 aliphatic rings. The van der Waals surface area contributed by atoms with E-state index in [0.717, 1.165) is 22.6 Å². The van der Waals surface area contributed by atoms with Gasteiger partial charge in [-0.05, 0) is 48.4 Å². The van der Waals surface area contributed by atoms with Gasteiger partial charge >= 0.3 is 0 Å². The highest BCUT2D eigenvalue weighted by atomic mass is 16.5. The summed E-state index contributed by atoms with van der Waals surface area (Å²) < 4.78 is 10.6. The quantitative estimate of drug-likeness (QED) is 0.748. The molecule has 0 radical (unpaired) electrons. The van der Waals surface area contributed by atoms with Crippen molar-refractivity contribution >= 4 is 16.9 Å². The smallest absolute Gasteiger partial charge is 0.251 e. The van der Waals surface area contributed by atoms with Gasteiger partial charge in [0.2, 0.25) is 0 Å². The number of nitrogens with zero attached hydrogens (tertiary/aromatic N) is 2. The molecule has 1 amide bonds. The Hall–Kier alpha value is -3.15. The third kappa shape index (κ3) is 3.85. The Labute approximate surface area is 145 Å². The standard InChI is InChI=1S/C19H19N3O3/c1-24-15-4-6-18(25-2)13(11-15)7-8-22-19(23)14-3-5-16-17(12-14)21-10-9-20-16/h3-6,9-12H,7-8H2,1-2H3,(H,22,23). The van der Waals surface area contributed by atoms with Crippen LogP contribution in [-0.2, 0) is 6.42 Å². The van der Waals surface area contributed by atoms with Gasteiger partial charge < -0.3 is 14.8 Å². The van der Waals surface area contributed by atoms with Gasteiger partial charge in [0, 0.05) is 24.5 Å². The van der Waals surface area contributed by atoms with Crippen molar-refractivity contribution in [1.29, 1.82) is 0 Å². The Balaban J connectivity index is 1.66. The summed E-state index contributed by atoms with van der Waals surface area (Å²) in [4.78, 5) is 20.8. The monoisotopic (exact) mass is 337 g/mol. The van der Waals surface area contributed by atoms with E-state index in [9.17, 15) is 4.79 Å². The third-order valence-corrected chi connectivity index (χ3v) is 3.90. The summed E-state index contributed by atoms with van der Waals surface area (Å²) in [6.07, 6.45) is 3.88. The second-order valence-corrected chi connectivity index (χ2v) is 5.44. The normalized spacial score (nSPS) is 10.5. The molecule has 0 aliphatic carbocycles. The van der Waals surface area contributed by atoms with Crippen molar-refractivity contribution in [3.05, 3.63) is 59.9 Å². The highest BCUT2D eigenvalue weighted by Gasteiger charge is 2.09. The van der Waals surface area contributed by atoms with Gasteiger partial charge in [0.25, 0.3) is 5.91 Å². The van der Waals surface area contributed by atoms with Crippen molar-refractivity contribution in [2.45, 2.75) is 6.42 Å². The van der Waals surface area contributed by atoms with Gasteiger partial charge in [0.1, 0.15) is 11.5 Å². The van der Waals surface area contributed by atoms with E-state index < -0.39 is 0 Å². The molecule has 0 saturated heterocycles. The van der Waals surface area contributed by atoms with E-state index in [4.69, 9.17) is 9.47 Å². The zero-order chi connectivity index (χ0) is 17.6. The second kappa shape index (κ2) is 7.61. The molecule has 3 aromatic rings. The van der Waals surface area contributed by atoms with Gasteiger partial charge in [-0.15, -0.1) is 0 Å². The molecule has 1 N–H and O–H groups in total. The van der Waals surface area contributed by atoms with E-state index in [-0.39, 0.29) is 5.91 Å². The Morgan fingerprint density at radius 1 is 1.00 bits per heavy atom. The van der Waals surface area contributed by atoms with Gasteiger partial charge in [0.05, 0.1) is 25.3 Å². The molecule has 0 unspecified atom stereocenters. The van der Waals surface area contributed by atoms with Crippen LogP contribution in [0.2, 0.25) is 0 Å². The van der Waals surface area contributed by atoms with Gasteiger partial charge in [-0.1, -0.05) is 0 Å². The van der Waals surface area contributed by atoms with E-state index >= 15 is 0 Å². The fourth-order valence-electron chi connectivity index (χ4n) is 2.59. The average molecular weight is 337 g/mol. The number of nitrogens with one attached hydrogen (secondary N) is 1. The van der Waals surface area contributed by atoms with Crippen molar-refractivity contribution in [2.24, 2.45) is 0 Å². The maximum absolute atomic E-state index is 12.3. The molecule has 6 heteroatoms. The summed E-state index contributed by atoms with van der Waals surface area (Å²) in [5.74, 6) is 1.39. The molecule has 25 heavy (non-hydrogen) atoms. The van der Waals surface area contributed by atoms with E-state index in [1.807, 2.05) is 18.2 Å². The van der Waals surface area contributed by atoms with Crippen molar-refractivity contribution < 1.29 is 14.3 Å². The highest BCUT2D eigenvalue weighted by Crippen LogP contribution is 2.24. The van der Waals surface area contributed by atoms with Crippen LogP contribution in [0.3, 0.4) is 0 Å². The first kappa shape index (κ1) is 16.7. The lowest BCUT2D eigenvalue weighted by Crippen LogP contribution is -2.25. The number of benzene rings is 2. The molecule has 3 rings (SSSR count). The molecule has 128 valence electrons. The summed E-state index contributed by atoms with van der Waals surface area (Å²) >= 11 is 0. The number of rotatable bonds is 6. The first-order valence-electron chi connectivity index (χ1n) is 7.91. The van der Waals surface area contributed by atoms with Crippen LogP contribution in [0.4, 0.5) is 0 Å². The van der Waals surface area contributed by atoms with Crippen LogP contribution in [0.25, 0.3) is 11.0 Å². The minimum absolute atomic E-state index is 0.144. The zero-order valence-corrected chi connectivity index (χ0v) is 14.2. The fourth-order valence-corrected chi connectivity index (χ4v) is 2.59. The molecule has 0 saturated carbocycles. The zero-order valence-electron chi connectivity index (χ0n) is 14.2. The number of amides is 1. The minimum atomic E-state index is -0.144. The number of methoxy groups -OCH3 is 2. The van der Waals surface area contributed by atoms with E-state index in [1.165, 1.54) is 0 Å². The lowest BCUT2D eigenvalue weighted by atomic mass is 10.1. The maximum Gasteiger partial charge on any atom is 0.251 e. The molecule has 1 aromatic heterocycles. The van der Waals surface area contributed by atoms with Crippen LogP contribution in [0.1, 0.15) is 15.9 Å². The largest absolute Gasteiger partial charge is 0.497 e. The summed E-state index contributed by atoms with van der Waals surface area (Å²) in [7, 11) is 3.25. The Morgan fingerprint density at radius 2 is 1.80 bits per heavy atom. The van der Waals surface area contributed by atoms with Crippen LogP contribution in [-0.4, -0.2) is 36.6 Å². The summed E-state index contributed by atoms with van der Waals surface area (Å²) in [5, 5.41) is 2.92. The van der Waals surface area contributed by atoms with Gasteiger partial charge in [-0.3, -0.25) is 14.8 Å². The number of aromatic nitrogens is 2. The number of carbonyl (C=O) groups excluding carboxylic acids is 1. The van der Waals surface area contributed by atoms with Crippen molar-refractivity contribution in [1.82, 2.24) is 15.3 Å². The Kier molecular flexibility index (Phi) is 5.09. The van der Waals surface area contributed by atoms with E-state index in [2.05, 4.69) is 15.3 Å². The molecule has 0 aliphatic heterocycles. The fraction of sp³-hybridized carbons (Fsp3) is 0.211. The predicted octanol–water partition coefficient (Wildman–Crippen LogP) is 2.62. The van der Waals surface area contributed by atoms with Crippen molar-refractivity contribution in [2.75, 3.05) is 20.8 Å². The van der Waals surface area contributed by atoms with Crippen LogP contribution >= 0.6 is 0 Å². The Morgan fingerprint density at radius 3 is 2.56 bits per heavy atom. The molecular weight excluding hydrogens is 318 g/mol. The second-order valence-electron chi connectivity index (χ2n) is 5.44. The Bertz CT molecular complexity index is 896. The number of ether oxygens (including phenoxy) is 2. The summed E-state index contributed by atoms with van der Waals surface area (Å²) in [5.41, 5.74) is 3.00. The number of fused-ring (bicyclic) bond motifs is 1. The lowest BCUT2D eigenvalue weighted by Gasteiger charge is -2.11. The topological polar surface area (TPSA) is 73.3 Å².